The van der Waals surface area contributed by atoms with Crippen molar-refractivity contribution in [2.45, 2.75) is 32.2 Å². The number of nitrogens with zero attached hydrogens (tertiary/aromatic N) is 3. The smallest absolute Gasteiger partial charge is 0.254 e. The third-order valence-corrected chi connectivity index (χ3v) is 6.94. The normalized spacial score (nSPS) is 21.5. The van der Waals surface area contributed by atoms with E-state index >= 15 is 0 Å². The van der Waals surface area contributed by atoms with Gasteiger partial charge in [-0.2, -0.15) is 0 Å². The van der Waals surface area contributed by atoms with Crippen molar-refractivity contribution in [1.82, 2.24) is 14.7 Å². The Labute approximate surface area is 199 Å². The highest BCUT2D eigenvalue weighted by molar-refractivity contribution is 6.01. The molecule has 2 aromatic rings. The summed E-state index contributed by atoms with van der Waals surface area (Å²) in [6, 6.07) is 12.6. The van der Waals surface area contributed by atoms with Crippen LogP contribution in [0.3, 0.4) is 0 Å². The third kappa shape index (κ3) is 3.77. The summed E-state index contributed by atoms with van der Waals surface area (Å²) < 4.78 is 11.1. The van der Waals surface area contributed by atoms with Crippen LogP contribution in [0.1, 0.15) is 53.7 Å². The molecule has 3 aliphatic rings. The van der Waals surface area contributed by atoms with Gasteiger partial charge in [0.2, 0.25) is 18.6 Å². The molecule has 0 radical (unpaired) electrons. The van der Waals surface area contributed by atoms with Crippen molar-refractivity contribution in [2.24, 2.45) is 0 Å². The van der Waals surface area contributed by atoms with Crippen LogP contribution in [-0.2, 0) is 9.59 Å². The standard InChI is InChI=1S/C26H29N3O5/c1-3-10-29-24(18-8-9-21-22(15-18)34-16-33-21)23(19-6-4-5-7-20(19)25(29)31)26(32)28-13-11-27(12-14-28)17(2)30/h4-9,15,23-24H,3,10-14,16H2,1-2H3/t23-,24+/m1/s1. The largest absolute Gasteiger partial charge is 0.454 e. The Morgan fingerprint density at radius 1 is 0.971 bits per heavy atom. The first-order valence-corrected chi connectivity index (χ1v) is 11.8. The minimum atomic E-state index is -0.551. The molecule has 3 amide bonds. The number of carbonyl (C=O) groups excluding carboxylic acids is 3. The van der Waals surface area contributed by atoms with Gasteiger partial charge in [0, 0.05) is 45.2 Å². The van der Waals surface area contributed by atoms with E-state index in [1.165, 1.54) is 0 Å². The molecule has 5 rings (SSSR count). The topological polar surface area (TPSA) is 79.4 Å². The number of benzene rings is 2. The number of hydrogen-bond donors (Lipinski definition) is 0. The van der Waals surface area contributed by atoms with Gasteiger partial charge in [-0.3, -0.25) is 14.4 Å². The lowest BCUT2D eigenvalue weighted by Crippen LogP contribution is -2.54. The predicted octanol–water partition coefficient (Wildman–Crippen LogP) is 2.80. The molecule has 0 unspecified atom stereocenters. The lowest BCUT2D eigenvalue weighted by Gasteiger charge is -2.44. The number of carbonyl (C=O) groups is 3. The Morgan fingerprint density at radius 2 is 1.68 bits per heavy atom. The van der Waals surface area contributed by atoms with Gasteiger partial charge >= 0.3 is 0 Å². The molecule has 0 aromatic heterocycles. The molecule has 2 atom stereocenters. The fraction of sp³-hybridized carbons (Fsp3) is 0.423. The van der Waals surface area contributed by atoms with Gasteiger partial charge in [0.25, 0.3) is 5.91 Å². The highest BCUT2D eigenvalue weighted by Crippen LogP contribution is 2.46. The van der Waals surface area contributed by atoms with Crippen LogP contribution in [0.4, 0.5) is 0 Å². The molecule has 0 spiro atoms. The first kappa shape index (κ1) is 22.3. The maximum atomic E-state index is 14.1. The van der Waals surface area contributed by atoms with E-state index in [2.05, 4.69) is 0 Å². The monoisotopic (exact) mass is 463 g/mol. The number of fused-ring (bicyclic) bond motifs is 2. The third-order valence-electron chi connectivity index (χ3n) is 6.94. The van der Waals surface area contributed by atoms with E-state index in [9.17, 15) is 14.4 Å². The number of hydrogen-bond acceptors (Lipinski definition) is 5. The average Bonchev–Trinajstić information content (AvgIpc) is 3.33. The Hall–Kier alpha value is -3.55. The van der Waals surface area contributed by atoms with Crippen molar-refractivity contribution in [3.8, 4) is 11.5 Å². The van der Waals surface area contributed by atoms with Crippen molar-refractivity contribution in [3.63, 3.8) is 0 Å². The molecule has 0 bridgehead atoms. The van der Waals surface area contributed by atoms with E-state index in [0.717, 1.165) is 17.5 Å². The van der Waals surface area contributed by atoms with E-state index in [0.29, 0.717) is 49.8 Å². The second-order valence-corrected chi connectivity index (χ2v) is 8.95. The van der Waals surface area contributed by atoms with Gasteiger partial charge in [0.05, 0.1) is 12.0 Å². The van der Waals surface area contributed by atoms with Crippen LogP contribution in [0.5, 0.6) is 11.5 Å². The van der Waals surface area contributed by atoms with Crippen LogP contribution in [0.15, 0.2) is 42.5 Å². The van der Waals surface area contributed by atoms with E-state index < -0.39 is 12.0 Å². The zero-order valence-corrected chi connectivity index (χ0v) is 19.5. The van der Waals surface area contributed by atoms with Gasteiger partial charge in [0.1, 0.15) is 0 Å². The molecule has 3 aliphatic heterocycles. The SMILES string of the molecule is CCCN1C(=O)c2ccccc2[C@@H](C(=O)N2CCN(C(C)=O)CC2)[C@@H]1c1ccc2c(c1)OCO2. The predicted molar refractivity (Wildman–Crippen MR) is 125 cm³/mol. The van der Waals surface area contributed by atoms with Crippen LogP contribution in [-0.4, -0.2) is 71.9 Å². The Balaban J connectivity index is 1.58. The van der Waals surface area contributed by atoms with E-state index in [1.54, 1.807) is 11.8 Å². The second-order valence-electron chi connectivity index (χ2n) is 8.95. The van der Waals surface area contributed by atoms with Crippen molar-refractivity contribution < 1.29 is 23.9 Å². The van der Waals surface area contributed by atoms with Crippen LogP contribution in [0.2, 0.25) is 0 Å². The average molecular weight is 464 g/mol. The zero-order valence-electron chi connectivity index (χ0n) is 19.5. The van der Waals surface area contributed by atoms with Crippen molar-refractivity contribution in [1.29, 1.82) is 0 Å². The van der Waals surface area contributed by atoms with Crippen LogP contribution >= 0.6 is 0 Å². The van der Waals surface area contributed by atoms with Crippen molar-refractivity contribution in [3.05, 3.63) is 59.2 Å². The highest BCUT2D eigenvalue weighted by atomic mass is 16.7. The molecule has 2 aromatic carbocycles. The molecule has 1 saturated heterocycles. The van der Waals surface area contributed by atoms with E-state index in [-0.39, 0.29) is 24.5 Å². The lowest BCUT2D eigenvalue weighted by molar-refractivity contribution is -0.140. The molecular formula is C26H29N3O5. The maximum absolute atomic E-state index is 14.1. The lowest BCUT2D eigenvalue weighted by atomic mass is 9.78. The Bertz CT molecular complexity index is 1130. The maximum Gasteiger partial charge on any atom is 0.254 e. The number of piperazine rings is 1. The van der Waals surface area contributed by atoms with Crippen molar-refractivity contribution >= 4 is 17.7 Å². The second kappa shape index (κ2) is 9.00. The zero-order chi connectivity index (χ0) is 23.8. The van der Waals surface area contributed by atoms with Crippen LogP contribution < -0.4 is 9.47 Å². The van der Waals surface area contributed by atoms with Gasteiger partial charge in [-0.1, -0.05) is 31.2 Å². The van der Waals surface area contributed by atoms with Crippen molar-refractivity contribution in [2.75, 3.05) is 39.5 Å². The quantitative estimate of drug-likeness (QED) is 0.697. The molecule has 34 heavy (non-hydrogen) atoms. The number of amides is 3. The fourth-order valence-corrected chi connectivity index (χ4v) is 5.25. The summed E-state index contributed by atoms with van der Waals surface area (Å²) in [5, 5.41) is 0. The van der Waals surface area contributed by atoms with Crippen LogP contribution in [0, 0.1) is 0 Å². The summed E-state index contributed by atoms with van der Waals surface area (Å²) >= 11 is 0. The van der Waals surface area contributed by atoms with Gasteiger partial charge in [-0.05, 0) is 35.7 Å². The van der Waals surface area contributed by atoms with E-state index in [4.69, 9.17) is 9.47 Å². The minimum Gasteiger partial charge on any atom is -0.454 e. The fourth-order valence-electron chi connectivity index (χ4n) is 5.25. The molecular weight excluding hydrogens is 434 g/mol. The van der Waals surface area contributed by atoms with Gasteiger partial charge in [-0.25, -0.2) is 0 Å². The summed E-state index contributed by atoms with van der Waals surface area (Å²) in [6.45, 7) is 6.27. The summed E-state index contributed by atoms with van der Waals surface area (Å²) in [5.74, 6) is 0.674. The van der Waals surface area contributed by atoms with Gasteiger partial charge in [-0.15, -0.1) is 0 Å². The first-order chi connectivity index (χ1) is 16.5. The molecule has 0 N–H and O–H groups in total. The van der Waals surface area contributed by atoms with Gasteiger partial charge < -0.3 is 24.2 Å². The number of rotatable bonds is 4. The molecule has 8 nitrogen and oxygen atoms in total. The minimum absolute atomic E-state index is 0.0214. The highest BCUT2D eigenvalue weighted by Gasteiger charge is 2.45. The Morgan fingerprint density at radius 3 is 2.41 bits per heavy atom. The molecule has 178 valence electrons. The molecule has 0 aliphatic carbocycles. The molecule has 0 saturated carbocycles. The summed E-state index contributed by atoms with van der Waals surface area (Å²) in [7, 11) is 0. The van der Waals surface area contributed by atoms with Crippen LogP contribution in [0.25, 0.3) is 0 Å². The van der Waals surface area contributed by atoms with E-state index in [1.807, 2.05) is 59.2 Å². The van der Waals surface area contributed by atoms with Gasteiger partial charge in [0.15, 0.2) is 11.5 Å². The summed E-state index contributed by atoms with van der Waals surface area (Å²) in [5.41, 5.74) is 2.18. The Kier molecular flexibility index (Phi) is 5.89. The molecule has 1 fully saturated rings. The molecule has 8 heteroatoms. The summed E-state index contributed by atoms with van der Waals surface area (Å²) in [6.07, 6.45) is 0.771. The molecule has 3 heterocycles. The number of ether oxygens (including phenoxy) is 2. The summed E-state index contributed by atoms with van der Waals surface area (Å²) in [4.78, 5) is 44.9. The first-order valence-electron chi connectivity index (χ1n) is 11.8.